The third-order valence-electron chi connectivity index (χ3n) is 6.59. The first-order chi connectivity index (χ1) is 17.7. The van der Waals surface area contributed by atoms with E-state index in [0.717, 1.165) is 37.1 Å². The molecule has 3 aromatic rings. The predicted molar refractivity (Wildman–Crippen MR) is 137 cm³/mol. The molecule has 196 valence electrons. The van der Waals surface area contributed by atoms with Crippen molar-refractivity contribution < 1.29 is 22.7 Å². The van der Waals surface area contributed by atoms with E-state index in [4.69, 9.17) is 16.3 Å². The first-order valence-electron chi connectivity index (χ1n) is 12.2. The zero-order valence-corrected chi connectivity index (χ0v) is 21.3. The molecule has 0 saturated carbocycles. The molecule has 0 N–H and O–H groups in total. The standard InChI is InChI=1S/C28H29ClF3N3O2/c1-37-26-16-22(15-23(17-26)28(30,31)32)27(36)35-13-12-34(11-3-5-21-4-2-10-33-18-21)19-25(35)14-20-6-8-24(29)9-7-20/h2,4,6-10,15-18,25H,3,5,11-14,19H2,1H3/t25-/m1/s1. The molecule has 1 fully saturated rings. The molecule has 2 aromatic carbocycles. The summed E-state index contributed by atoms with van der Waals surface area (Å²) >= 11 is 6.04. The average molecular weight is 532 g/mol. The van der Waals surface area contributed by atoms with Crippen LogP contribution in [0.2, 0.25) is 5.02 Å². The summed E-state index contributed by atoms with van der Waals surface area (Å²) < 4.78 is 45.5. The number of hydrogen-bond donors (Lipinski definition) is 0. The number of rotatable bonds is 8. The Morgan fingerprint density at radius 1 is 1.11 bits per heavy atom. The number of aromatic nitrogens is 1. The number of nitrogens with zero attached hydrogens (tertiary/aromatic N) is 3. The fourth-order valence-corrected chi connectivity index (χ4v) is 4.81. The van der Waals surface area contributed by atoms with E-state index in [2.05, 4.69) is 16.0 Å². The van der Waals surface area contributed by atoms with Gasteiger partial charge in [0.15, 0.2) is 0 Å². The molecule has 0 spiro atoms. The van der Waals surface area contributed by atoms with Gasteiger partial charge in [0.05, 0.1) is 12.7 Å². The summed E-state index contributed by atoms with van der Waals surface area (Å²) in [5.74, 6) is -0.431. The second-order valence-corrected chi connectivity index (χ2v) is 9.63. The number of halogens is 4. The Morgan fingerprint density at radius 2 is 1.89 bits per heavy atom. The van der Waals surface area contributed by atoms with E-state index >= 15 is 0 Å². The Labute approximate surface area is 219 Å². The highest BCUT2D eigenvalue weighted by Crippen LogP contribution is 2.33. The maximum Gasteiger partial charge on any atom is 0.416 e. The zero-order chi connectivity index (χ0) is 26.4. The number of aryl methyl sites for hydroxylation is 1. The Morgan fingerprint density at radius 3 is 2.57 bits per heavy atom. The number of carbonyl (C=O) groups excluding carboxylic acids is 1. The topological polar surface area (TPSA) is 45.7 Å². The van der Waals surface area contributed by atoms with Crippen molar-refractivity contribution in [3.63, 3.8) is 0 Å². The van der Waals surface area contributed by atoms with E-state index in [1.165, 1.54) is 18.7 Å². The van der Waals surface area contributed by atoms with Gasteiger partial charge in [-0.05, 0) is 73.3 Å². The Balaban J connectivity index is 1.52. The Hall–Kier alpha value is -3.10. The normalized spacial score (nSPS) is 16.6. The molecule has 1 aromatic heterocycles. The molecular formula is C28H29ClF3N3O2. The van der Waals surface area contributed by atoms with Gasteiger partial charge in [0.2, 0.25) is 0 Å². The van der Waals surface area contributed by atoms with Crippen LogP contribution in [0.5, 0.6) is 5.75 Å². The second-order valence-electron chi connectivity index (χ2n) is 9.20. The highest BCUT2D eigenvalue weighted by Gasteiger charge is 2.35. The highest BCUT2D eigenvalue weighted by molar-refractivity contribution is 6.30. The van der Waals surface area contributed by atoms with Gasteiger partial charge >= 0.3 is 6.18 Å². The zero-order valence-electron chi connectivity index (χ0n) is 20.5. The van der Waals surface area contributed by atoms with Gasteiger partial charge in [-0.3, -0.25) is 14.7 Å². The second kappa shape index (κ2) is 12.0. The number of methoxy groups -OCH3 is 1. The molecule has 0 aliphatic carbocycles. The predicted octanol–water partition coefficient (Wildman–Crippen LogP) is 5.76. The van der Waals surface area contributed by atoms with Gasteiger partial charge in [0.1, 0.15) is 5.75 Å². The molecule has 0 radical (unpaired) electrons. The summed E-state index contributed by atoms with van der Waals surface area (Å²) in [4.78, 5) is 21.7. The smallest absolute Gasteiger partial charge is 0.416 e. The monoisotopic (exact) mass is 531 g/mol. The molecule has 1 atom stereocenters. The van der Waals surface area contributed by atoms with E-state index in [0.29, 0.717) is 31.1 Å². The quantitative estimate of drug-likeness (QED) is 0.370. The van der Waals surface area contributed by atoms with Crippen LogP contribution in [-0.4, -0.2) is 60.0 Å². The van der Waals surface area contributed by atoms with Gasteiger partial charge in [-0.15, -0.1) is 0 Å². The molecule has 9 heteroatoms. The number of amides is 1. The molecule has 5 nitrogen and oxygen atoms in total. The van der Waals surface area contributed by atoms with Crippen LogP contribution >= 0.6 is 11.6 Å². The van der Waals surface area contributed by atoms with Crippen LogP contribution in [0.15, 0.2) is 67.0 Å². The van der Waals surface area contributed by atoms with Crippen molar-refractivity contribution in [3.8, 4) is 5.75 Å². The number of hydrogen-bond acceptors (Lipinski definition) is 4. The van der Waals surface area contributed by atoms with E-state index in [1.54, 1.807) is 23.2 Å². The van der Waals surface area contributed by atoms with Gasteiger partial charge in [-0.1, -0.05) is 29.8 Å². The third kappa shape index (κ3) is 7.23. The molecule has 1 amide bonds. The minimum absolute atomic E-state index is 0.00136. The number of piperazine rings is 1. The first-order valence-corrected chi connectivity index (χ1v) is 12.5. The van der Waals surface area contributed by atoms with E-state index < -0.39 is 17.6 Å². The largest absolute Gasteiger partial charge is 0.497 e. The van der Waals surface area contributed by atoms with Crippen molar-refractivity contribution in [3.05, 3.63) is 94.3 Å². The number of ether oxygens (including phenoxy) is 1. The van der Waals surface area contributed by atoms with Crippen LogP contribution in [0, 0.1) is 0 Å². The van der Waals surface area contributed by atoms with Gasteiger partial charge < -0.3 is 9.64 Å². The molecule has 0 bridgehead atoms. The van der Waals surface area contributed by atoms with Crippen molar-refractivity contribution in [2.75, 3.05) is 33.3 Å². The van der Waals surface area contributed by atoms with Crippen LogP contribution in [-0.2, 0) is 19.0 Å². The molecule has 4 rings (SSSR count). The van der Waals surface area contributed by atoms with Gasteiger partial charge in [0, 0.05) is 48.7 Å². The lowest BCUT2D eigenvalue weighted by Gasteiger charge is -2.42. The maximum atomic E-state index is 13.6. The van der Waals surface area contributed by atoms with Crippen LogP contribution in [0.4, 0.5) is 13.2 Å². The van der Waals surface area contributed by atoms with Gasteiger partial charge in [-0.25, -0.2) is 0 Å². The third-order valence-corrected chi connectivity index (χ3v) is 6.84. The van der Waals surface area contributed by atoms with Crippen LogP contribution in [0.25, 0.3) is 0 Å². The lowest BCUT2D eigenvalue weighted by atomic mass is 9.99. The Kier molecular flexibility index (Phi) is 8.71. The van der Waals surface area contributed by atoms with Crippen molar-refractivity contribution >= 4 is 17.5 Å². The van der Waals surface area contributed by atoms with Crippen molar-refractivity contribution in [2.45, 2.75) is 31.5 Å². The summed E-state index contributed by atoms with van der Waals surface area (Å²) in [5.41, 5.74) is 1.25. The number of pyridine rings is 1. The van der Waals surface area contributed by atoms with E-state index in [-0.39, 0.29) is 17.4 Å². The fourth-order valence-electron chi connectivity index (χ4n) is 4.68. The summed E-state index contributed by atoms with van der Waals surface area (Å²) in [7, 11) is 1.29. The van der Waals surface area contributed by atoms with Crippen molar-refractivity contribution in [2.24, 2.45) is 0 Å². The molecule has 1 aliphatic rings. The lowest BCUT2D eigenvalue weighted by Crippen LogP contribution is -2.56. The summed E-state index contributed by atoms with van der Waals surface area (Å²) in [6.45, 7) is 2.54. The molecule has 1 aliphatic heterocycles. The minimum Gasteiger partial charge on any atom is -0.497 e. The molecular weight excluding hydrogens is 503 g/mol. The molecule has 37 heavy (non-hydrogen) atoms. The lowest BCUT2D eigenvalue weighted by molar-refractivity contribution is -0.137. The summed E-state index contributed by atoms with van der Waals surface area (Å²) in [6, 6.07) is 14.4. The Bertz CT molecular complexity index is 1190. The van der Waals surface area contributed by atoms with Crippen molar-refractivity contribution in [1.82, 2.24) is 14.8 Å². The summed E-state index contributed by atoms with van der Waals surface area (Å²) in [6.07, 6.45) is 1.44. The fraction of sp³-hybridized carbons (Fsp3) is 0.357. The number of carbonyl (C=O) groups is 1. The molecule has 1 saturated heterocycles. The number of benzene rings is 2. The average Bonchev–Trinajstić information content (AvgIpc) is 2.89. The van der Waals surface area contributed by atoms with Crippen LogP contribution < -0.4 is 4.74 Å². The molecule has 0 unspecified atom stereocenters. The van der Waals surface area contributed by atoms with Gasteiger partial charge in [0.25, 0.3) is 5.91 Å². The van der Waals surface area contributed by atoms with Crippen molar-refractivity contribution in [1.29, 1.82) is 0 Å². The maximum absolute atomic E-state index is 13.6. The van der Waals surface area contributed by atoms with E-state index in [1.807, 2.05) is 24.4 Å². The van der Waals surface area contributed by atoms with Crippen LogP contribution in [0.3, 0.4) is 0 Å². The van der Waals surface area contributed by atoms with Crippen LogP contribution in [0.1, 0.15) is 33.5 Å². The van der Waals surface area contributed by atoms with E-state index in [9.17, 15) is 18.0 Å². The minimum atomic E-state index is -4.58. The first kappa shape index (κ1) is 26.9. The SMILES string of the molecule is COc1cc(C(=O)N2CCN(CCCc3cccnc3)C[C@H]2Cc2ccc(Cl)cc2)cc(C(F)(F)F)c1. The molecule has 2 heterocycles. The van der Waals surface area contributed by atoms with Gasteiger partial charge in [-0.2, -0.15) is 13.2 Å². The summed E-state index contributed by atoms with van der Waals surface area (Å²) in [5, 5.41) is 0.619. The highest BCUT2D eigenvalue weighted by atomic mass is 35.5. The number of alkyl halides is 3.